The molecule has 3 fully saturated rings. The number of hydrogen-bond acceptors (Lipinski definition) is 6. The number of carbonyl (C=O) groups is 1. The lowest BCUT2D eigenvalue weighted by Gasteiger charge is -2.44. The number of amides is 1. The van der Waals surface area contributed by atoms with Gasteiger partial charge in [0.2, 0.25) is 10.0 Å². The smallest absolute Gasteiger partial charge is 0.303 e. The Bertz CT molecular complexity index is 1390. The van der Waals surface area contributed by atoms with Crippen LogP contribution in [0.1, 0.15) is 36.8 Å². The zero-order valence-corrected chi connectivity index (χ0v) is 22.2. The van der Waals surface area contributed by atoms with Crippen LogP contribution in [0.15, 0.2) is 42.1 Å². The van der Waals surface area contributed by atoms with Crippen molar-refractivity contribution in [2.24, 2.45) is 0 Å². The first-order chi connectivity index (χ1) is 17.9. The zero-order chi connectivity index (χ0) is 27.5. The summed E-state index contributed by atoms with van der Waals surface area (Å²) in [6, 6.07) is 4.83. The summed E-state index contributed by atoms with van der Waals surface area (Å²) in [6.07, 6.45) is 4.83. The molecule has 2 heterocycles. The summed E-state index contributed by atoms with van der Waals surface area (Å²) in [7, 11) is -3.22. The van der Waals surface area contributed by atoms with Gasteiger partial charge in [-0.05, 0) is 62.2 Å². The van der Waals surface area contributed by atoms with E-state index >= 15 is 0 Å². The number of rotatable bonds is 4. The van der Waals surface area contributed by atoms with Crippen LogP contribution in [-0.2, 0) is 21.0 Å². The SMILES string of the molecule is CS(=O)(=O)N1CCN(C2C=CC(N3C(=S)N(c4ccc(C#N)c(C(F)(F)F)c4)C(=O)C34CCC4)=CC2)CC1. The number of allylic oxidation sites excluding steroid dienone is 1. The van der Waals surface area contributed by atoms with E-state index in [0.29, 0.717) is 45.4 Å². The van der Waals surface area contributed by atoms with Crippen LogP contribution >= 0.6 is 12.2 Å². The van der Waals surface area contributed by atoms with Crippen molar-refractivity contribution in [3.8, 4) is 6.07 Å². The number of nitriles is 1. The molecule has 8 nitrogen and oxygen atoms in total. The lowest BCUT2D eigenvalue weighted by molar-refractivity contribution is -0.137. The van der Waals surface area contributed by atoms with Gasteiger partial charge >= 0.3 is 6.18 Å². The van der Waals surface area contributed by atoms with Crippen molar-refractivity contribution in [3.63, 3.8) is 0 Å². The average Bonchev–Trinajstić information content (AvgIpc) is 3.09. The molecule has 1 aromatic rings. The van der Waals surface area contributed by atoms with Crippen LogP contribution in [0.4, 0.5) is 18.9 Å². The summed E-state index contributed by atoms with van der Waals surface area (Å²) in [6.45, 7) is 2.05. The third kappa shape index (κ3) is 4.43. The number of benzene rings is 1. The fraction of sp³-hybridized carbons (Fsp3) is 0.480. The fourth-order valence-corrected chi connectivity index (χ4v) is 6.91. The van der Waals surface area contributed by atoms with Crippen molar-refractivity contribution in [1.82, 2.24) is 14.1 Å². The maximum Gasteiger partial charge on any atom is 0.417 e. The second-order valence-electron chi connectivity index (χ2n) is 9.97. The van der Waals surface area contributed by atoms with Gasteiger partial charge in [-0.15, -0.1) is 0 Å². The normalized spacial score (nSPS) is 24.5. The van der Waals surface area contributed by atoms with E-state index in [4.69, 9.17) is 17.5 Å². The van der Waals surface area contributed by atoms with Gasteiger partial charge in [0.15, 0.2) is 5.11 Å². The Morgan fingerprint density at radius 3 is 2.34 bits per heavy atom. The standard InChI is InChI=1S/C25H26F3N5O3S2/c1-38(35,36)31-13-11-30(12-14-31)18-5-7-19(8-6-18)33-23(37)32(22(34)24(33)9-2-10-24)20-4-3-17(16-29)21(15-20)25(26,27)28/h3-5,7-8,15,18H,2,6,9-14H2,1H3. The molecular formula is C25H26F3N5O3S2. The third-order valence-corrected chi connectivity index (χ3v) is 9.48. The largest absolute Gasteiger partial charge is 0.417 e. The number of thiocarbonyl (C=S) groups is 1. The van der Waals surface area contributed by atoms with Gasteiger partial charge in [-0.2, -0.15) is 22.7 Å². The number of hydrogen-bond donors (Lipinski definition) is 0. The molecule has 202 valence electrons. The maximum absolute atomic E-state index is 13.6. The highest BCUT2D eigenvalue weighted by Gasteiger charge is 2.60. The van der Waals surface area contributed by atoms with Crippen molar-refractivity contribution in [1.29, 1.82) is 5.26 Å². The van der Waals surface area contributed by atoms with Crippen molar-refractivity contribution < 1.29 is 26.4 Å². The Balaban J connectivity index is 1.38. The molecule has 4 aliphatic rings. The Morgan fingerprint density at radius 2 is 1.84 bits per heavy atom. The molecule has 0 aromatic heterocycles. The Labute approximate surface area is 224 Å². The molecule has 1 saturated carbocycles. The first kappa shape index (κ1) is 26.8. The van der Waals surface area contributed by atoms with Gasteiger partial charge in [0.25, 0.3) is 5.91 Å². The molecule has 2 saturated heterocycles. The van der Waals surface area contributed by atoms with Crippen molar-refractivity contribution in [2.45, 2.75) is 43.4 Å². The average molecular weight is 566 g/mol. The summed E-state index contributed by atoms with van der Waals surface area (Å²) in [5.74, 6) is -0.361. The predicted octanol–water partition coefficient (Wildman–Crippen LogP) is 3.22. The van der Waals surface area contributed by atoms with Crippen LogP contribution in [0.2, 0.25) is 0 Å². The molecule has 0 radical (unpaired) electrons. The van der Waals surface area contributed by atoms with E-state index in [0.717, 1.165) is 29.2 Å². The van der Waals surface area contributed by atoms with Crippen LogP contribution in [0.25, 0.3) is 0 Å². The van der Waals surface area contributed by atoms with Crippen LogP contribution in [-0.4, -0.2) is 77.6 Å². The quantitative estimate of drug-likeness (QED) is 0.518. The van der Waals surface area contributed by atoms with Gasteiger partial charge in [-0.3, -0.25) is 14.6 Å². The topological polar surface area (TPSA) is 88.0 Å². The minimum Gasteiger partial charge on any atom is -0.303 e. The highest BCUT2D eigenvalue weighted by molar-refractivity contribution is 7.88. The van der Waals surface area contributed by atoms with E-state index in [2.05, 4.69) is 4.90 Å². The molecule has 0 bridgehead atoms. The zero-order valence-electron chi connectivity index (χ0n) is 20.6. The van der Waals surface area contributed by atoms with E-state index in [-0.39, 0.29) is 22.7 Å². The van der Waals surface area contributed by atoms with E-state index in [1.807, 2.05) is 18.2 Å². The number of piperazine rings is 1. The highest BCUT2D eigenvalue weighted by atomic mass is 32.2. The summed E-state index contributed by atoms with van der Waals surface area (Å²) in [4.78, 5) is 18.8. The molecule has 38 heavy (non-hydrogen) atoms. The number of anilines is 1. The first-order valence-electron chi connectivity index (χ1n) is 12.2. The second kappa shape index (κ2) is 9.44. The van der Waals surface area contributed by atoms with Gasteiger partial charge in [0.05, 0.1) is 29.1 Å². The van der Waals surface area contributed by atoms with Gasteiger partial charge in [0, 0.05) is 37.9 Å². The van der Waals surface area contributed by atoms with Gasteiger partial charge in [-0.25, -0.2) is 8.42 Å². The maximum atomic E-state index is 13.6. The number of sulfonamides is 1. The van der Waals surface area contributed by atoms with Gasteiger partial charge in [0.1, 0.15) is 5.54 Å². The van der Waals surface area contributed by atoms with Crippen LogP contribution in [0, 0.1) is 11.3 Å². The molecule has 1 aromatic carbocycles. The summed E-state index contributed by atoms with van der Waals surface area (Å²) < 4.78 is 65.9. The fourth-order valence-electron chi connectivity index (χ4n) is 5.61. The number of carbonyl (C=O) groups excluding carboxylic acids is 1. The van der Waals surface area contributed by atoms with Crippen molar-refractivity contribution >= 4 is 38.9 Å². The van der Waals surface area contributed by atoms with Gasteiger partial charge < -0.3 is 4.90 Å². The monoisotopic (exact) mass is 565 g/mol. The van der Waals surface area contributed by atoms with E-state index in [1.165, 1.54) is 16.6 Å². The van der Waals surface area contributed by atoms with E-state index in [1.54, 1.807) is 11.0 Å². The molecule has 5 rings (SSSR count). The summed E-state index contributed by atoms with van der Waals surface area (Å²) in [5.41, 5.74) is -1.85. The molecular weight excluding hydrogens is 539 g/mol. The van der Waals surface area contributed by atoms with Crippen molar-refractivity contribution in [2.75, 3.05) is 37.3 Å². The second-order valence-corrected chi connectivity index (χ2v) is 12.3. The highest BCUT2D eigenvalue weighted by Crippen LogP contribution is 2.48. The Morgan fingerprint density at radius 1 is 1.16 bits per heavy atom. The molecule has 1 spiro atoms. The molecule has 13 heteroatoms. The summed E-state index contributed by atoms with van der Waals surface area (Å²) in [5, 5.41) is 9.25. The van der Waals surface area contributed by atoms with E-state index < -0.39 is 32.9 Å². The van der Waals surface area contributed by atoms with Gasteiger partial charge in [-0.1, -0.05) is 12.2 Å². The lowest BCUT2D eigenvalue weighted by atomic mass is 9.75. The molecule has 1 atom stereocenters. The summed E-state index contributed by atoms with van der Waals surface area (Å²) >= 11 is 5.69. The molecule has 2 aliphatic carbocycles. The lowest BCUT2D eigenvalue weighted by Crippen LogP contribution is -2.54. The molecule has 0 N–H and O–H groups in total. The van der Waals surface area contributed by atoms with Crippen LogP contribution < -0.4 is 4.90 Å². The molecule has 2 aliphatic heterocycles. The molecule has 1 unspecified atom stereocenters. The predicted molar refractivity (Wildman–Crippen MR) is 138 cm³/mol. The number of alkyl halides is 3. The van der Waals surface area contributed by atoms with Crippen LogP contribution in [0.3, 0.4) is 0 Å². The minimum absolute atomic E-state index is 0.0119. The number of halogens is 3. The first-order valence-corrected chi connectivity index (χ1v) is 14.5. The Kier molecular flexibility index (Phi) is 6.66. The minimum atomic E-state index is -4.75. The van der Waals surface area contributed by atoms with Crippen molar-refractivity contribution in [3.05, 3.63) is 53.3 Å². The number of nitrogens with zero attached hydrogens (tertiary/aromatic N) is 5. The molecule has 1 amide bonds. The van der Waals surface area contributed by atoms with E-state index in [9.17, 15) is 26.4 Å². The Hall–Kier alpha value is -2.79. The third-order valence-electron chi connectivity index (χ3n) is 7.81. The van der Waals surface area contributed by atoms with Crippen LogP contribution in [0.5, 0.6) is 0 Å².